The first-order valence-corrected chi connectivity index (χ1v) is 9.10. The Morgan fingerprint density at radius 3 is 2.10 bits per heavy atom. The fourth-order valence-corrected chi connectivity index (χ4v) is 3.91. The lowest BCUT2D eigenvalue weighted by atomic mass is 10.2. The van der Waals surface area contributed by atoms with Crippen molar-refractivity contribution in [3.05, 3.63) is 24.3 Å². The van der Waals surface area contributed by atoms with E-state index in [9.17, 15) is 16.8 Å². The largest absolute Gasteiger partial charge is 0.381 e. The SMILES string of the molecule is NS(=O)(=O)c1ccc(NS(=O)(=O)C2CCOCC2)cc1. The highest BCUT2D eigenvalue weighted by molar-refractivity contribution is 7.93. The van der Waals surface area contributed by atoms with Gasteiger partial charge >= 0.3 is 0 Å². The molecule has 0 saturated carbocycles. The molecule has 20 heavy (non-hydrogen) atoms. The van der Waals surface area contributed by atoms with E-state index in [1.165, 1.54) is 24.3 Å². The summed E-state index contributed by atoms with van der Waals surface area (Å²) in [6.45, 7) is 0.853. The second-order valence-corrected chi connectivity index (χ2v) is 8.05. The second kappa shape index (κ2) is 5.68. The molecule has 112 valence electrons. The average molecular weight is 320 g/mol. The predicted octanol–water partition coefficient (Wildman–Crippen LogP) is 0.255. The Morgan fingerprint density at radius 2 is 1.60 bits per heavy atom. The van der Waals surface area contributed by atoms with Crippen molar-refractivity contribution in [2.75, 3.05) is 17.9 Å². The van der Waals surface area contributed by atoms with E-state index in [1.807, 2.05) is 0 Å². The molecule has 0 radical (unpaired) electrons. The summed E-state index contributed by atoms with van der Waals surface area (Å²) in [4.78, 5) is -0.0634. The van der Waals surface area contributed by atoms with Crippen molar-refractivity contribution >= 4 is 25.7 Å². The molecule has 1 aliphatic rings. The fraction of sp³-hybridized carbons (Fsp3) is 0.455. The van der Waals surface area contributed by atoms with Gasteiger partial charge in [0.1, 0.15) is 0 Å². The summed E-state index contributed by atoms with van der Waals surface area (Å²) in [6.07, 6.45) is 0.898. The Hall–Kier alpha value is -1.16. The summed E-state index contributed by atoms with van der Waals surface area (Å²) in [7, 11) is -7.27. The molecule has 0 aromatic heterocycles. The van der Waals surface area contributed by atoms with Crippen LogP contribution in [0, 0.1) is 0 Å². The highest BCUT2D eigenvalue weighted by Crippen LogP contribution is 2.20. The van der Waals surface area contributed by atoms with Crippen LogP contribution in [0.1, 0.15) is 12.8 Å². The van der Waals surface area contributed by atoms with Gasteiger partial charge in [-0.3, -0.25) is 4.72 Å². The minimum absolute atomic E-state index is 0.0634. The number of primary sulfonamides is 1. The number of sulfonamides is 2. The minimum atomic E-state index is -3.78. The normalized spacial score (nSPS) is 17.9. The smallest absolute Gasteiger partial charge is 0.238 e. The standard InChI is InChI=1S/C11H16N2O5S2/c12-19(14,15)10-3-1-9(2-4-10)13-20(16,17)11-5-7-18-8-6-11/h1-4,11,13H,5-8H2,(H2,12,14,15). The molecular weight excluding hydrogens is 304 g/mol. The van der Waals surface area contributed by atoms with Gasteiger partial charge in [-0.25, -0.2) is 22.0 Å². The molecule has 1 aromatic carbocycles. The molecule has 9 heteroatoms. The van der Waals surface area contributed by atoms with Gasteiger partial charge in [-0.15, -0.1) is 0 Å². The molecule has 0 spiro atoms. The van der Waals surface area contributed by atoms with Crippen LogP contribution in [-0.4, -0.2) is 35.3 Å². The average Bonchev–Trinajstić information content (AvgIpc) is 2.39. The second-order valence-electron chi connectivity index (χ2n) is 4.53. The van der Waals surface area contributed by atoms with Crippen molar-refractivity contribution in [3.8, 4) is 0 Å². The molecule has 0 amide bonds. The van der Waals surface area contributed by atoms with Crippen LogP contribution in [0.2, 0.25) is 0 Å². The van der Waals surface area contributed by atoms with Crippen molar-refractivity contribution in [3.63, 3.8) is 0 Å². The Morgan fingerprint density at radius 1 is 1.05 bits per heavy atom. The zero-order chi connectivity index (χ0) is 14.8. The van der Waals surface area contributed by atoms with E-state index in [-0.39, 0.29) is 4.90 Å². The number of benzene rings is 1. The fourth-order valence-electron chi connectivity index (χ4n) is 1.95. The van der Waals surface area contributed by atoms with E-state index in [4.69, 9.17) is 9.88 Å². The molecule has 0 atom stereocenters. The van der Waals surface area contributed by atoms with Crippen molar-refractivity contribution in [2.24, 2.45) is 5.14 Å². The number of nitrogens with one attached hydrogen (secondary N) is 1. The third kappa shape index (κ3) is 3.69. The maximum absolute atomic E-state index is 12.1. The van der Waals surface area contributed by atoms with E-state index in [0.29, 0.717) is 31.7 Å². The summed E-state index contributed by atoms with van der Waals surface area (Å²) in [6, 6.07) is 5.27. The number of hydrogen-bond acceptors (Lipinski definition) is 5. The van der Waals surface area contributed by atoms with Gasteiger partial charge in [-0.2, -0.15) is 0 Å². The molecule has 0 aliphatic carbocycles. The maximum atomic E-state index is 12.1. The van der Waals surface area contributed by atoms with Crippen LogP contribution >= 0.6 is 0 Å². The molecule has 1 fully saturated rings. The highest BCUT2D eigenvalue weighted by Gasteiger charge is 2.27. The lowest BCUT2D eigenvalue weighted by Gasteiger charge is -2.22. The molecule has 7 nitrogen and oxygen atoms in total. The third-order valence-electron chi connectivity index (χ3n) is 3.05. The van der Waals surface area contributed by atoms with Crippen LogP contribution in [-0.2, 0) is 24.8 Å². The van der Waals surface area contributed by atoms with Crippen LogP contribution in [0.5, 0.6) is 0 Å². The summed E-state index contributed by atoms with van der Waals surface area (Å²) in [5, 5.41) is 4.48. The molecule has 1 heterocycles. The molecule has 1 aromatic rings. The van der Waals surface area contributed by atoms with Crippen LogP contribution < -0.4 is 9.86 Å². The van der Waals surface area contributed by atoms with Gasteiger partial charge in [0.25, 0.3) is 0 Å². The number of rotatable bonds is 4. The number of hydrogen-bond donors (Lipinski definition) is 2. The maximum Gasteiger partial charge on any atom is 0.238 e. The summed E-state index contributed by atoms with van der Waals surface area (Å²) >= 11 is 0. The lowest BCUT2D eigenvalue weighted by Crippen LogP contribution is -2.33. The van der Waals surface area contributed by atoms with Gasteiger partial charge in [0.05, 0.1) is 10.1 Å². The monoisotopic (exact) mass is 320 g/mol. The van der Waals surface area contributed by atoms with Crippen LogP contribution in [0.4, 0.5) is 5.69 Å². The van der Waals surface area contributed by atoms with Crippen molar-refractivity contribution in [1.82, 2.24) is 0 Å². The van der Waals surface area contributed by atoms with Crippen molar-refractivity contribution in [2.45, 2.75) is 23.0 Å². The first kappa shape index (κ1) is 15.2. The van der Waals surface area contributed by atoms with Gasteiger partial charge in [0.15, 0.2) is 0 Å². The first-order chi connectivity index (χ1) is 9.29. The van der Waals surface area contributed by atoms with Crippen LogP contribution in [0.3, 0.4) is 0 Å². The van der Waals surface area contributed by atoms with E-state index < -0.39 is 25.3 Å². The predicted molar refractivity (Wildman–Crippen MR) is 74.2 cm³/mol. The number of anilines is 1. The van der Waals surface area contributed by atoms with Crippen LogP contribution in [0.25, 0.3) is 0 Å². The Labute approximate surface area is 118 Å². The van der Waals surface area contributed by atoms with Gasteiger partial charge in [-0.1, -0.05) is 0 Å². The quantitative estimate of drug-likeness (QED) is 0.825. The molecule has 1 aliphatic heterocycles. The zero-order valence-electron chi connectivity index (χ0n) is 10.7. The molecule has 0 unspecified atom stereocenters. The Balaban J connectivity index is 2.13. The minimum Gasteiger partial charge on any atom is -0.381 e. The van der Waals surface area contributed by atoms with E-state index >= 15 is 0 Å². The first-order valence-electron chi connectivity index (χ1n) is 6.01. The zero-order valence-corrected chi connectivity index (χ0v) is 12.3. The van der Waals surface area contributed by atoms with Gasteiger partial charge in [0.2, 0.25) is 20.0 Å². The molecule has 3 N–H and O–H groups in total. The van der Waals surface area contributed by atoms with Gasteiger partial charge in [0, 0.05) is 18.9 Å². The molecule has 1 saturated heterocycles. The number of ether oxygens (including phenoxy) is 1. The van der Waals surface area contributed by atoms with Gasteiger partial charge < -0.3 is 4.74 Å². The Kier molecular flexibility index (Phi) is 4.33. The topological polar surface area (TPSA) is 116 Å². The summed E-state index contributed by atoms with van der Waals surface area (Å²) in [5.74, 6) is 0. The summed E-state index contributed by atoms with van der Waals surface area (Å²) in [5.41, 5.74) is 0.309. The van der Waals surface area contributed by atoms with Crippen LogP contribution in [0.15, 0.2) is 29.2 Å². The molecule has 2 rings (SSSR count). The summed E-state index contributed by atoms with van der Waals surface area (Å²) < 4.78 is 54.0. The number of nitrogens with two attached hydrogens (primary N) is 1. The molecule has 0 bridgehead atoms. The van der Waals surface area contributed by atoms with Crippen molar-refractivity contribution < 1.29 is 21.6 Å². The highest BCUT2D eigenvalue weighted by atomic mass is 32.2. The van der Waals surface area contributed by atoms with Gasteiger partial charge in [-0.05, 0) is 37.1 Å². The third-order valence-corrected chi connectivity index (χ3v) is 5.85. The van der Waals surface area contributed by atoms with E-state index in [1.54, 1.807) is 0 Å². The van der Waals surface area contributed by atoms with Crippen molar-refractivity contribution in [1.29, 1.82) is 0 Å². The Bertz CT molecular complexity index is 661. The molecular formula is C11H16N2O5S2. The van der Waals surface area contributed by atoms with E-state index in [2.05, 4.69) is 4.72 Å². The lowest BCUT2D eigenvalue weighted by molar-refractivity contribution is 0.0984. The van der Waals surface area contributed by atoms with E-state index in [0.717, 1.165) is 0 Å².